The number of nitrogens with one attached hydrogen (secondary N) is 1. The molecule has 4 aliphatic carbocycles. The zero-order valence-corrected chi connectivity index (χ0v) is 14.0. The molecule has 22 heavy (non-hydrogen) atoms. The van der Waals surface area contributed by atoms with Crippen molar-refractivity contribution in [3.63, 3.8) is 0 Å². The maximum absolute atomic E-state index is 12.3. The van der Waals surface area contributed by atoms with E-state index in [2.05, 4.69) is 5.32 Å². The van der Waals surface area contributed by atoms with E-state index in [1.165, 1.54) is 44.9 Å². The van der Waals surface area contributed by atoms with E-state index in [1.54, 1.807) is 0 Å². The second-order valence-corrected chi connectivity index (χ2v) is 8.44. The minimum absolute atomic E-state index is 0.303. The summed E-state index contributed by atoms with van der Waals surface area (Å²) in [6.07, 6.45) is 14.6. The highest BCUT2D eigenvalue weighted by atomic mass is 16.2. The molecule has 126 valence electrons. The molecule has 0 radical (unpaired) electrons. The van der Waals surface area contributed by atoms with Crippen LogP contribution in [0.3, 0.4) is 0 Å². The van der Waals surface area contributed by atoms with Gasteiger partial charge in [-0.25, -0.2) is 0 Å². The van der Waals surface area contributed by atoms with Crippen LogP contribution in [0.2, 0.25) is 0 Å². The third kappa shape index (κ3) is 4.04. The third-order valence-corrected chi connectivity index (χ3v) is 6.36. The molecule has 4 fully saturated rings. The lowest BCUT2D eigenvalue weighted by molar-refractivity contribution is -0.129. The van der Waals surface area contributed by atoms with Gasteiger partial charge in [0.25, 0.3) is 0 Å². The number of aliphatic hydroxyl groups is 1. The second-order valence-electron chi connectivity index (χ2n) is 8.44. The number of hydrogen-bond donors (Lipinski definition) is 2. The van der Waals surface area contributed by atoms with Gasteiger partial charge in [0, 0.05) is 19.6 Å². The Labute approximate surface area is 135 Å². The SMILES string of the molecule is O=C(CC12CC3CC(CC(C3)C1)C2)NCCCCCCCO. The van der Waals surface area contributed by atoms with Gasteiger partial charge in [-0.05, 0) is 74.5 Å². The molecule has 2 N–H and O–H groups in total. The van der Waals surface area contributed by atoms with Gasteiger partial charge in [-0.3, -0.25) is 4.79 Å². The molecule has 0 heterocycles. The van der Waals surface area contributed by atoms with Crippen LogP contribution in [0, 0.1) is 23.2 Å². The van der Waals surface area contributed by atoms with Crippen molar-refractivity contribution in [1.29, 1.82) is 0 Å². The maximum Gasteiger partial charge on any atom is 0.220 e. The highest BCUT2D eigenvalue weighted by Crippen LogP contribution is 2.61. The van der Waals surface area contributed by atoms with Crippen LogP contribution < -0.4 is 5.32 Å². The first-order valence-corrected chi connectivity index (χ1v) is 9.57. The van der Waals surface area contributed by atoms with E-state index >= 15 is 0 Å². The number of aliphatic hydroxyl groups excluding tert-OH is 1. The Morgan fingerprint density at radius 3 is 2.05 bits per heavy atom. The maximum atomic E-state index is 12.3. The molecule has 0 aromatic heterocycles. The molecular formula is C19H33NO2. The first kappa shape index (κ1) is 16.3. The van der Waals surface area contributed by atoms with Crippen molar-refractivity contribution in [2.75, 3.05) is 13.2 Å². The summed E-state index contributed by atoms with van der Waals surface area (Å²) in [4.78, 5) is 12.3. The smallest absolute Gasteiger partial charge is 0.220 e. The van der Waals surface area contributed by atoms with E-state index < -0.39 is 0 Å². The summed E-state index contributed by atoms with van der Waals surface area (Å²) in [6, 6.07) is 0. The van der Waals surface area contributed by atoms with E-state index in [0.717, 1.165) is 56.4 Å². The first-order valence-electron chi connectivity index (χ1n) is 9.57. The summed E-state index contributed by atoms with van der Waals surface area (Å²) in [5, 5.41) is 11.9. The van der Waals surface area contributed by atoms with E-state index in [1.807, 2.05) is 0 Å². The number of unbranched alkanes of at least 4 members (excludes halogenated alkanes) is 4. The standard InChI is InChI=1S/C19H33NO2/c21-7-5-3-1-2-4-6-20-18(22)14-19-11-15-8-16(12-19)10-17(9-15)13-19/h15-17,21H,1-14H2,(H,20,22). The largest absolute Gasteiger partial charge is 0.396 e. The van der Waals surface area contributed by atoms with E-state index in [0.29, 0.717) is 17.9 Å². The quantitative estimate of drug-likeness (QED) is 0.639. The minimum atomic E-state index is 0.303. The van der Waals surface area contributed by atoms with Gasteiger partial charge in [0.2, 0.25) is 5.91 Å². The lowest BCUT2D eigenvalue weighted by atomic mass is 9.49. The van der Waals surface area contributed by atoms with Gasteiger partial charge in [0.1, 0.15) is 0 Å². The van der Waals surface area contributed by atoms with Gasteiger partial charge in [-0.15, -0.1) is 0 Å². The summed E-state index contributed by atoms with van der Waals surface area (Å²) in [6.45, 7) is 1.14. The molecule has 0 unspecified atom stereocenters. The fraction of sp³-hybridized carbons (Fsp3) is 0.947. The summed E-state index contributed by atoms with van der Waals surface area (Å²) >= 11 is 0. The Balaban J connectivity index is 1.34. The number of carbonyl (C=O) groups excluding carboxylic acids is 1. The Hall–Kier alpha value is -0.570. The molecule has 0 aromatic carbocycles. The Kier molecular flexibility index (Phi) is 5.43. The fourth-order valence-electron chi connectivity index (χ4n) is 5.90. The van der Waals surface area contributed by atoms with Crippen molar-refractivity contribution in [1.82, 2.24) is 5.32 Å². The van der Waals surface area contributed by atoms with Crippen molar-refractivity contribution >= 4 is 5.91 Å². The molecule has 4 aliphatic rings. The predicted molar refractivity (Wildman–Crippen MR) is 88.4 cm³/mol. The van der Waals surface area contributed by atoms with Gasteiger partial charge in [0.05, 0.1) is 0 Å². The van der Waals surface area contributed by atoms with E-state index in [-0.39, 0.29) is 0 Å². The van der Waals surface area contributed by atoms with Crippen molar-refractivity contribution in [3.05, 3.63) is 0 Å². The normalized spacial score (nSPS) is 35.8. The van der Waals surface area contributed by atoms with Crippen LogP contribution in [0.25, 0.3) is 0 Å². The molecule has 0 spiro atoms. The van der Waals surface area contributed by atoms with Gasteiger partial charge in [0.15, 0.2) is 0 Å². The van der Waals surface area contributed by atoms with Crippen LogP contribution in [0.15, 0.2) is 0 Å². The van der Waals surface area contributed by atoms with Crippen LogP contribution in [0.4, 0.5) is 0 Å². The average Bonchev–Trinajstić information content (AvgIpc) is 2.44. The first-order chi connectivity index (χ1) is 10.7. The van der Waals surface area contributed by atoms with E-state index in [4.69, 9.17) is 5.11 Å². The van der Waals surface area contributed by atoms with Crippen LogP contribution in [-0.2, 0) is 4.79 Å². The number of carbonyl (C=O) groups is 1. The van der Waals surface area contributed by atoms with Gasteiger partial charge >= 0.3 is 0 Å². The zero-order valence-electron chi connectivity index (χ0n) is 14.0. The Morgan fingerprint density at radius 2 is 1.45 bits per heavy atom. The monoisotopic (exact) mass is 307 g/mol. The summed E-state index contributed by atoms with van der Waals surface area (Å²) in [7, 11) is 0. The molecule has 4 bridgehead atoms. The summed E-state index contributed by atoms with van der Waals surface area (Å²) in [5.41, 5.74) is 0.375. The van der Waals surface area contributed by atoms with Gasteiger partial charge < -0.3 is 10.4 Å². The molecule has 0 aliphatic heterocycles. The third-order valence-electron chi connectivity index (χ3n) is 6.36. The number of hydrogen-bond acceptors (Lipinski definition) is 2. The molecule has 0 aromatic rings. The fourth-order valence-corrected chi connectivity index (χ4v) is 5.90. The molecule has 1 amide bonds. The van der Waals surface area contributed by atoms with Gasteiger partial charge in [-0.2, -0.15) is 0 Å². The molecule has 3 heteroatoms. The van der Waals surface area contributed by atoms with Crippen molar-refractivity contribution in [3.8, 4) is 0 Å². The molecular weight excluding hydrogens is 274 g/mol. The molecule has 4 saturated carbocycles. The van der Waals surface area contributed by atoms with Crippen molar-refractivity contribution in [2.24, 2.45) is 23.2 Å². The molecule has 4 rings (SSSR count). The minimum Gasteiger partial charge on any atom is -0.396 e. The van der Waals surface area contributed by atoms with Crippen molar-refractivity contribution < 1.29 is 9.90 Å². The van der Waals surface area contributed by atoms with Gasteiger partial charge in [-0.1, -0.05) is 19.3 Å². The average molecular weight is 307 g/mol. The van der Waals surface area contributed by atoms with Crippen LogP contribution in [0.1, 0.15) is 77.0 Å². The topological polar surface area (TPSA) is 49.3 Å². The molecule has 0 saturated heterocycles. The zero-order chi connectivity index (χ0) is 15.4. The molecule has 0 atom stereocenters. The highest BCUT2D eigenvalue weighted by Gasteiger charge is 2.51. The lowest BCUT2D eigenvalue weighted by Crippen LogP contribution is -2.48. The predicted octanol–water partition coefficient (Wildman–Crippen LogP) is 3.65. The number of rotatable bonds is 9. The summed E-state index contributed by atoms with van der Waals surface area (Å²) in [5.74, 6) is 3.11. The Morgan fingerprint density at radius 1 is 0.909 bits per heavy atom. The molecule has 3 nitrogen and oxygen atoms in total. The van der Waals surface area contributed by atoms with E-state index in [9.17, 15) is 4.79 Å². The van der Waals surface area contributed by atoms with Crippen LogP contribution >= 0.6 is 0 Å². The lowest BCUT2D eigenvalue weighted by Gasteiger charge is -2.56. The Bertz CT molecular complexity index is 344. The number of amides is 1. The summed E-state index contributed by atoms with van der Waals surface area (Å²) < 4.78 is 0. The van der Waals surface area contributed by atoms with Crippen LogP contribution in [-0.4, -0.2) is 24.2 Å². The van der Waals surface area contributed by atoms with Crippen LogP contribution in [0.5, 0.6) is 0 Å². The second kappa shape index (κ2) is 7.33. The highest BCUT2D eigenvalue weighted by molar-refractivity contribution is 5.76. The van der Waals surface area contributed by atoms with Crippen molar-refractivity contribution in [2.45, 2.75) is 77.0 Å².